The van der Waals surface area contributed by atoms with Gasteiger partial charge in [-0.15, -0.1) is 0 Å². The van der Waals surface area contributed by atoms with Gasteiger partial charge in [0.1, 0.15) is 19.3 Å². The van der Waals surface area contributed by atoms with Gasteiger partial charge in [-0.2, -0.15) is 0 Å². The molecule has 0 aromatic rings. The molecule has 0 aromatic heterocycles. The number of rotatable bonds is 65. The number of carbonyl (C=O) groups is 4. The fraction of sp³-hybridized carbons (Fsp3) is 0.940. The first-order chi connectivity index (χ1) is 41.3. The number of esters is 4. The molecule has 0 saturated carbocycles. The summed E-state index contributed by atoms with van der Waals surface area (Å²) in [6, 6.07) is 0. The standard InChI is InChI=1S/C67H130O17P2/c1-8-10-11-31-41-48-64(69)77-54-62(83-67(72)51-44-37-30-24-23-26-33-39-46-59(5)6)56-81-85(73,74)79-52-61(68)53-80-86(75,76)82-57-63(55-78-65(70)49-42-35-28-21-18-17-20-27-34-40-47-60(7)9-2)84-66(71)50-43-36-29-22-16-14-12-13-15-19-25-32-38-45-58(3)4/h58-63,68H,8-57H2,1-7H3,(H,73,74)(H,75,76)/t60?,61-,62+,63+/m0/s1. The van der Waals surface area contributed by atoms with Crippen LogP contribution >= 0.6 is 15.6 Å². The maximum Gasteiger partial charge on any atom is 0.472 e. The number of hydrogen-bond donors (Lipinski definition) is 3. The van der Waals surface area contributed by atoms with Crippen LogP contribution in [0, 0.1) is 17.8 Å². The minimum absolute atomic E-state index is 0.103. The molecule has 0 aliphatic heterocycles. The van der Waals surface area contributed by atoms with Gasteiger partial charge in [-0.1, -0.05) is 280 Å². The van der Waals surface area contributed by atoms with Crippen molar-refractivity contribution in [1.29, 1.82) is 0 Å². The highest BCUT2D eigenvalue weighted by Crippen LogP contribution is 2.45. The number of aliphatic hydroxyl groups is 1. The maximum atomic E-state index is 13.0. The van der Waals surface area contributed by atoms with Crippen molar-refractivity contribution in [2.45, 2.75) is 349 Å². The van der Waals surface area contributed by atoms with Gasteiger partial charge in [0, 0.05) is 25.7 Å². The van der Waals surface area contributed by atoms with Crippen LogP contribution in [0.3, 0.4) is 0 Å². The molecule has 0 radical (unpaired) electrons. The average molecular weight is 1270 g/mol. The second-order valence-corrected chi connectivity index (χ2v) is 28.3. The Morgan fingerprint density at radius 2 is 0.593 bits per heavy atom. The third-order valence-corrected chi connectivity index (χ3v) is 17.6. The first kappa shape index (κ1) is 84.1. The Morgan fingerprint density at radius 3 is 0.884 bits per heavy atom. The highest BCUT2D eigenvalue weighted by Gasteiger charge is 2.30. The van der Waals surface area contributed by atoms with E-state index in [1.54, 1.807) is 0 Å². The minimum Gasteiger partial charge on any atom is -0.462 e. The van der Waals surface area contributed by atoms with E-state index in [-0.39, 0.29) is 25.7 Å². The van der Waals surface area contributed by atoms with Crippen LogP contribution < -0.4 is 0 Å². The fourth-order valence-corrected chi connectivity index (χ4v) is 11.6. The fourth-order valence-electron chi connectivity index (χ4n) is 9.98. The van der Waals surface area contributed by atoms with E-state index in [1.807, 2.05) is 0 Å². The summed E-state index contributed by atoms with van der Waals surface area (Å²) in [6.07, 6.45) is 40.6. The van der Waals surface area contributed by atoms with Gasteiger partial charge in [-0.25, -0.2) is 9.13 Å². The van der Waals surface area contributed by atoms with E-state index in [1.165, 1.54) is 135 Å². The monoisotopic (exact) mass is 1270 g/mol. The van der Waals surface area contributed by atoms with Crippen LogP contribution in [0.15, 0.2) is 0 Å². The zero-order valence-corrected chi connectivity index (χ0v) is 57.6. The van der Waals surface area contributed by atoms with Gasteiger partial charge in [0.25, 0.3) is 0 Å². The lowest BCUT2D eigenvalue weighted by atomic mass is 9.99. The molecule has 510 valence electrons. The van der Waals surface area contributed by atoms with Gasteiger partial charge in [0.05, 0.1) is 26.4 Å². The second-order valence-electron chi connectivity index (χ2n) is 25.4. The Balaban J connectivity index is 5.18. The van der Waals surface area contributed by atoms with E-state index >= 15 is 0 Å². The van der Waals surface area contributed by atoms with Crippen LogP contribution in [0.1, 0.15) is 331 Å². The van der Waals surface area contributed by atoms with E-state index in [2.05, 4.69) is 48.5 Å². The van der Waals surface area contributed by atoms with Crippen molar-refractivity contribution in [2.24, 2.45) is 17.8 Å². The van der Waals surface area contributed by atoms with Gasteiger partial charge in [-0.3, -0.25) is 37.3 Å². The lowest BCUT2D eigenvalue weighted by Crippen LogP contribution is -2.30. The molecule has 0 heterocycles. The number of hydrogen-bond acceptors (Lipinski definition) is 15. The second kappa shape index (κ2) is 58.2. The first-order valence-electron chi connectivity index (χ1n) is 34.9. The third-order valence-electron chi connectivity index (χ3n) is 15.7. The maximum absolute atomic E-state index is 13.0. The predicted molar refractivity (Wildman–Crippen MR) is 344 cm³/mol. The Bertz CT molecular complexity index is 1700. The number of ether oxygens (including phenoxy) is 4. The molecule has 19 heteroatoms. The van der Waals surface area contributed by atoms with Crippen molar-refractivity contribution in [3.63, 3.8) is 0 Å². The Labute approximate surface area is 524 Å². The van der Waals surface area contributed by atoms with Crippen LogP contribution in [-0.2, 0) is 65.4 Å². The van der Waals surface area contributed by atoms with Crippen molar-refractivity contribution in [3.8, 4) is 0 Å². The minimum atomic E-state index is -4.95. The van der Waals surface area contributed by atoms with E-state index in [0.29, 0.717) is 25.7 Å². The normalized spacial score (nSPS) is 14.6. The van der Waals surface area contributed by atoms with Crippen LogP contribution in [0.25, 0.3) is 0 Å². The average Bonchev–Trinajstić information content (AvgIpc) is 3.68. The SMILES string of the molecule is CCCCCCCC(=O)OC[C@H](COP(=O)(O)OC[C@H](O)COP(=O)(O)OC[C@@H](COC(=O)CCCCCCCCCCCCC(C)CC)OC(=O)CCCCCCCCCCCCCCCC(C)C)OC(=O)CCCCCCCCCCC(C)C. The van der Waals surface area contributed by atoms with Crippen LogP contribution in [0.2, 0.25) is 0 Å². The highest BCUT2D eigenvalue weighted by molar-refractivity contribution is 7.47. The largest absolute Gasteiger partial charge is 0.472 e. The lowest BCUT2D eigenvalue weighted by Gasteiger charge is -2.21. The molecule has 0 bridgehead atoms. The summed E-state index contributed by atoms with van der Waals surface area (Å²) < 4.78 is 68.0. The molecule has 3 unspecified atom stereocenters. The molecule has 6 atom stereocenters. The van der Waals surface area contributed by atoms with Crippen LogP contribution in [0.5, 0.6) is 0 Å². The van der Waals surface area contributed by atoms with Crippen LogP contribution in [-0.4, -0.2) is 96.7 Å². The zero-order valence-electron chi connectivity index (χ0n) is 55.8. The quantitative estimate of drug-likeness (QED) is 0.0222. The Hall–Kier alpha value is -1.94. The van der Waals surface area contributed by atoms with Gasteiger partial charge in [0.2, 0.25) is 0 Å². The summed E-state index contributed by atoms with van der Waals surface area (Å²) >= 11 is 0. The van der Waals surface area contributed by atoms with Gasteiger partial charge in [-0.05, 0) is 43.4 Å². The van der Waals surface area contributed by atoms with Crippen molar-refractivity contribution in [3.05, 3.63) is 0 Å². The summed E-state index contributed by atoms with van der Waals surface area (Å²) in [5.74, 6) is 0.172. The molecule has 0 aliphatic rings. The molecule has 17 nitrogen and oxygen atoms in total. The molecule has 0 aliphatic carbocycles. The smallest absolute Gasteiger partial charge is 0.462 e. The van der Waals surface area contributed by atoms with Crippen molar-refractivity contribution >= 4 is 39.5 Å². The van der Waals surface area contributed by atoms with Crippen molar-refractivity contribution < 1.29 is 80.2 Å². The molecule has 0 fully saturated rings. The van der Waals surface area contributed by atoms with Gasteiger partial charge in [0.15, 0.2) is 12.2 Å². The molecule has 3 N–H and O–H groups in total. The molecule has 0 spiro atoms. The Kier molecular flexibility index (Phi) is 56.9. The number of carbonyl (C=O) groups excluding carboxylic acids is 4. The molecule has 0 amide bonds. The number of phosphoric acid groups is 2. The molecule has 0 aromatic carbocycles. The Morgan fingerprint density at radius 1 is 0.337 bits per heavy atom. The summed E-state index contributed by atoms with van der Waals surface area (Å²) in [5.41, 5.74) is 0. The van der Waals surface area contributed by atoms with Gasteiger partial charge < -0.3 is 33.8 Å². The zero-order chi connectivity index (χ0) is 63.8. The highest BCUT2D eigenvalue weighted by atomic mass is 31.2. The van der Waals surface area contributed by atoms with E-state index in [4.69, 9.17) is 37.0 Å². The number of aliphatic hydroxyl groups excluding tert-OH is 1. The van der Waals surface area contributed by atoms with Gasteiger partial charge >= 0.3 is 39.5 Å². The van der Waals surface area contributed by atoms with E-state index < -0.39 is 97.5 Å². The van der Waals surface area contributed by atoms with Crippen molar-refractivity contribution in [1.82, 2.24) is 0 Å². The van der Waals surface area contributed by atoms with E-state index in [0.717, 1.165) is 114 Å². The summed E-state index contributed by atoms with van der Waals surface area (Å²) in [5, 5.41) is 10.5. The molecule has 86 heavy (non-hydrogen) atoms. The summed E-state index contributed by atoms with van der Waals surface area (Å²) in [4.78, 5) is 72.1. The molecule has 0 rings (SSSR count). The first-order valence-corrected chi connectivity index (χ1v) is 37.9. The van der Waals surface area contributed by atoms with Crippen LogP contribution in [0.4, 0.5) is 0 Å². The third kappa shape index (κ3) is 59.7. The van der Waals surface area contributed by atoms with Crippen molar-refractivity contribution in [2.75, 3.05) is 39.6 Å². The molecule has 0 saturated heterocycles. The summed E-state index contributed by atoms with van der Waals surface area (Å²) in [6.45, 7) is 11.7. The predicted octanol–water partition coefficient (Wildman–Crippen LogP) is 18.7. The molecular weight excluding hydrogens is 1140 g/mol. The topological polar surface area (TPSA) is 237 Å². The lowest BCUT2D eigenvalue weighted by molar-refractivity contribution is -0.161. The summed E-state index contributed by atoms with van der Waals surface area (Å²) in [7, 11) is -9.89. The molecular formula is C67H130O17P2. The number of unbranched alkanes of at least 4 members (excludes halogenated alkanes) is 32. The number of phosphoric ester groups is 2. The van der Waals surface area contributed by atoms with E-state index in [9.17, 15) is 43.2 Å².